The molecule has 0 aromatic heterocycles. The lowest BCUT2D eigenvalue weighted by Crippen LogP contribution is -2.60. The molecule has 6 atom stereocenters. The second-order valence-electron chi connectivity index (χ2n) is 12.6. The number of primary amides is 1. The minimum absolute atomic E-state index is 0.0352. The molecular weight excluding hydrogens is 522 g/mol. The largest absolute Gasteiger partial charge is 0.363 e. The van der Waals surface area contributed by atoms with Crippen LogP contribution in [-0.4, -0.2) is 59.1 Å². The van der Waals surface area contributed by atoms with Gasteiger partial charge in [0.1, 0.15) is 12.1 Å². The molecule has 6 unspecified atom stereocenters. The predicted molar refractivity (Wildman–Crippen MR) is 154 cm³/mol. The van der Waals surface area contributed by atoms with E-state index < -0.39 is 41.8 Å². The van der Waals surface area contributed by atoms with E-state index in [0.717, 1.165) is 37.7 Å². The third-order valence-corrected chi connectivity index (χ3v) is 9.53. The Morgan fingerprint density at radius 2 is 1.66 bits per heavy atom. The summed E-state index contributed by atoms with van der Waals surface area (Å²) in [5.41, 5.74) is 6.06. The number of nitrogens with zero attached hydrogens (tertiary/aromatic N) is 1. The molecule has 3 fully saturated rings. The number of urea groups is 1. The van der Waals surface area contributed by atoms with Gasteiger partial charge in [-0.2, -0.15) is 0 Å². The molecule has 0 bridgehead atoms. The number of benzene rings is 1. The number of carbonyl (C=O) groups is 5. The summed E-state index contributed by atoms with van der Waals surface area (Å²) >= 11 is 0. The number of fused-ring (bicyclic) bond motifs is 1. The summed E-state index contributed by atoms with van der Waals surface area (Å²) < 4.78 is 0. The van der Waals surface area contributed by atoms with E-state index in [2.05, 4.69) is 29.8 Å². The highest BCUT2D eigenvalue weighted by Crippen LogP contribution is 2.65. The third kappa shape index (κ3) is 6.57. The Balaban J connectivity index is 1.54. The molecule has 10 nitrogen and oxygen atoms in total. The number of hydrogen-bond donors (Lipinski definition) is 4. The second kappa shape index (κ2) is 12.6. The first kappa shape index (κ1) is 30.5. The predicted octanol–water partition coefficient (Wildman–Crippen LogP) is 2.82. The molecule has 3 aliphatic rings. The molecule has 0 radical (unpaired) electrons. The molecule has 1 aliphatic heterocycles. The average Bonchev–Trinajstić information content (AvgIpc) is 3.27. The zero-order valence-corrected chi connectivity index (χ0v) is 24.7. The number of hydrogen-bond acceptors (Lipinski definition) is 5. The van der Waals surface area contributed by atoms with Crippen LogP contribution < -0.4 is 21.7 Å². The summed E-state index contributed by atoms with van der Waals surface area (Å²) in [5, 5.41) is 8.68. The molecular formula is C31H45N5O5. The van der Waals surface area contributed by atoms with E-state index in [4.69, 9.17) is 5.73 Å². The van der Waals surface area contributed by atoms with Crippen molar-refractivity contribution in [2.75, 3.05) is 6.54 Å². The highest BCUT2D eigenvalue weighted by atomic mass is 16.2. The van der Waals surface area contributed by atoms with Gasteiger partial charge in [0.2, 0.25) is 17.6 Å². The normalized spacial score (nSPS) is 25.3. The zero-order chi connectivity index (χ0) is 29.9. The molecule has 1 aromatic rings. The van der Waals surface area contributed by atoms with E-state index >= 15 is 0 Å². The fourth-order valence-electron chi connectivity index (χ4n) is 7.03. The number of carbonyl (C=O) groups excluding carboxylic acids is 5. The maximum atomic E-state index is 14.2. The number of nitrogens with two attached hydrogens (primary N) is 1. The Morgan fingerprint density at radius 1 is 1.00 bits per heavy atom. The number of piperidine rings is 1. The number of ketones is 1. The molecule has 41 heavy (non-hydrogen) atoms. The summed E-state index contributed by atoms with van der Waals surface area (Å²) in [6.45, 7) is 8.31. The quantitative estimate of drug-likeness (QED) is 0.303. The van der Waals surface area contributed by atoms with E-state index in [1.165, 1.54) is 0 Å². The van der Waals surface area contributed by atoms with Crippen molar-refractivity contribution in [3.05, 3.63) is 35.9 Å². The molecule has 10 heteroatoms. The van der Waals surface area contributed by atoms with Gasteiger partial charge in [-0.15, -0.1) is 0 Å². The van der Waals surface area contributed by atoms with Crippen molar-refractivity contribution in [2.45, 2.75) is 96.8 Å². The lowest BCUT2D eigenvalue weighted by atomic mass is 9.83. The number of rotatable bonds is 11. The Labute approximate surface area is 242 Å². The molecule has 0 spiro atoms. The van der Waals surface area contributed by atoms with E-state index in [0.29, 0.717) is 13.0 Å². The summed E-state index contributed by atoms with van der Waals surface area (Å²) in [6, 6.07) is 6.34. The first-order chi connectivity index (χ1) is 19.5. The fraction of sp³-hybridized carbons (Fsp3) is 0.645. The highest BCUT2D eigenvalue weighted by Gasteiger charge is 2.69. The van der Waals surface area contributed by atoms with Crippen LogP contribution in [0.25, 0.3) is 0 Å². The van der Waals surface area contributed by atoms with Gasteiger partial charge in [-0.3, -0.25) is 19.2 Å². The van der Waals surface area contributed by atoms with Crippen molar-refractivity contribution in [3.8, 4) is 0 Å². The fourth-order valence-corrected chi connectivity index (χ4v) is 7.03. The van der Waals surface area contributed by atoms with Gasteiger partial charge >= 0.3 is 6.03 Å². The number of amides is 5. The summed E-state index contributed by atoms with van der Waals surface area (Å²) in [6.07, 6.45) is 5.53. The van der Waals surface area contributed by atoms with Crippen LogP contribution in [0.3, 0.4) is 0 Å². The Hall–Kier alpha value is -3.43. The molecule has 5 amide bonds. The van der Waals surface area contributed by atoms with Crippen molar-refractivity contribution in [1.82, 2.24) is 20.9 Å². The SMILES string of the molecule is CCCC(NC(=O)C1C2C(CN1C(=O)C(NC(=O)NC(C)c1ccccc1)C1CCCCC1)C2(C)C)C(=O)C(N)=O. The van der Waals surface area contributed by atoms with Gasteiger partial charge in [0.15, 0.2) is 0 Å². The monoisotopic (exact) mass is 567 g/mol. The van der Waals surface area contributed by atoms with Gasteiger partial charge in [0.05, 0.1) is 12.1 Å². The maximum Gasteiger partial charge on any atom is 0.315 e. The summed E-state index contributed by atoms with van der Waals surface area (Å²) in [5.74, 6) is -2.62. The minimum atomic E-state index is -1.09. The lowest BCUT2D eigenvalue weighted by Gasteiger charge is -2.37. The minimum Gasteiger partial charge on any atom is -0.363 e. The van der Waals surface area contributed by atoms with Crippen molar-refractivity contribution in [3.63, 3.8) is 0 Å². The topological polar surface area (TPSA) is 151 Å². The molecule has 1 aromatic carbocycles. The van der Waals surface area contributed by atoms with Gasteiger partial charge in [-0.05, 0) is 54.9 Å². The van der Waals surface area contributed by atoms with E-state index in [1.54, 1.807) is 4.90 Å². The summed E-state index contributed by atoms with van der Waals surface area (Å²) in [4.78, 5) is 66.8. The average molecular weight is 568 g/mol. The second-order valence-corrected chi connectivity index (χ2v) is 12.6. The smallest absolute Gasteiger partial charge is 0.315 e. The molecule has 5 N–H and O–H groups in total. The van der Waals surface area contributed by atoms with Gasteiger partial charge in [-0.1, -0.05) is 76.8 Å². The maximum absolute atomic E-state index is 14.2. The van der Waals surface area contributed by atoms with Crippen LogP contribution in [0.15, 0.2) is 30.3 Å². The van der Waals surface area contributed by atoms with Crippen LogP contribution in [-0.2, 0) is 19.2 Å². The Morgan fingerprint density at radius 3 is 2.27 bits per heavy atom. The Bertz CT molecular complexity index is 1150. The first-order valence-electron chi connectivity index (χ1n) is 15.0. The van der Waals surface area contributed by atoms with Gasteiger partial charge in [-0.25, -0.2) is 4.79 Å². The van der Waals surface area contributed by atoms with E-state index in [9.17, 15) is 24.0 Å². The van der Waals surface area contributed by atoms with Crippen LogP contribution in [0.4, 0.5) is 4.79 Å². The number of nitrogens with one attached hydrogen (secondary N) is 3. The number of likely N-dealkylation sites (tertiary alicyclic amines) is 1. The van der Waals surface area contributed by atoms with Gasteiger partial charge in [0.25, 0.3) is 5.91 Å². The molecule has 2 aliphatic carbocycles. The highest BCUT2D eigenvalue weighted by molar-refractivity contribution is 6.37. The van der Waals surface area contributed by atoms with Crippen LogP contribution in [0.1, 0.15) is 84.2 Å². The van der Waals surface area contributed by atoms with Crippen molar-refractivity contribution < 1.29 is 24.0 Å². The van der Waals surface area contributed by atoms with Crippen LogP contribution in [0.5, 0.6) is 0 Å². The van der Waals surface area contributed by atoms with Crippen molar-refractivity contribution in [2.24, 2.45) is 28.9 Å². The van der Waals surface area contributed by atoms with E-state index in [1.807, 2.05) is 44.2 Å². The van der Waals surface area contributed by atoms with Crippen LogP contribution >= 0.6 is 0 Å². The Kier molecular flexibility index (Phi) is 9.39. The molecule has 1 saturated heterocycles. The van der Waals surface area contributed by atoms with Crippen LogP contribution in [0, 0.1) is 23.2 Å². The standard InChI is InChI=1S/C31H45N5O5/c1-5-12-22(26(37)27(32)38)34-28(39)25-23-21(31(23,3)4)17-36(25)29(40)24(20-15-10-7-11-16-20)35-30(41)33-18(2)19-13-8-6-9-14-19/h6,8-9,13-14,18,20-25H,5,7,10-12,15-17H2,1-4H3,(H2,32,38)(H,34,39)(H2,33,35,41). The first-order valence-corrected chi connectivity index (χ1v) is 15.0. The van der Waals surface area contributed by atoms with E-state index in [-0.39, 0.29) is 41.5 Å². The lowest BCUT2D eigenvalue weighted by molar-refractivity contribution is -0.144. The zero-order valence-electron chi connectivity index (χ0n) is 24.7. The third-order valence-electron chi connectivity index (χ3n) is 9.53. The van der Waals surface area contributed by atoms with Crippen LogP contribution in [0.2, 0.25) is 0 Å². The molecule has 224 valence electrons. The molecule has 4 rings (SSSR count). The number of Topliss-reactive ketones (excluding diaryl/α,β-unsaturated/α-hetero) is 1. The summed E-state index contributed by atoms with van der Waals surface area (Å²) in [7, 11) is 0. The van der Waals surface area contributed by atoms with Gasteiger partial charge < -0.3 is 26.6 Å². The van der Waals surface area contributed by atoms with Crippen molar-refractivity contribution in [1.29, 1.82) is 0 Å². The van der Waals surface area contributed by atoms with Crippen molar-refractivity contribution >= 4 is 29.5 Å². The van der Waals surface area contributed by atoms with Gasteiger partial charge in [0, 0.05) is 6.54 Å². The molecule has 2 saturated carbocycles. The molecule has 1 heterocycles.